The van der Waals surface area contributed by atoms with E-state index in [0.717, 1.165) is 57.8 Å². The van der Waals surface area contributed by atoms with E-state index in [1.165, 1.54) is 18.9 Å². The Balaban J connectivity index is 4.24. The molecule has 0 aromatic heterocycles. The average molecular weight is 486 g/mol. The van der Waals surface area contributed by atoms with Gasteiger partial charge in [-0.15, -0.1) is 0 Å². The third-order valence-corrected chi connectivity index (χ3v) is 6.05. The molecular formula is C26H47NO5S. The van der Waals surface area contributed by atoms with Crippen molar-refractivity contribution in [2.75, 3.05) is 5.75 Å². The number of hydrogen-bond acceptors (Lipinski definition) is 4. The van der Waals surface area contributed by atoms with E-state index in [1.807, 2.05) is 0 Å². The van der Waals surface area contributed by atoms with E-state index in [1.54, 1.807) is 6.08 Å². The maximum absolute atomic E-state index is 12.2. The third kappa shape index (κ3) is 22.1. The summed E-state index contributed by atoms with van der Waals surface area (Å²) in [5.74, 6) is -1.02. The Morgan fingerprint density at radius 1 is 0.788 bits per heavy atom. The highest BCUT2D eigenvalue weighted by Gasteiger charge is 2.24. The first-order valence-electron chi connectivity index (χ1n) is 12.7. The lowest BCUT2D eigenvalue weighted by molar-refractivity contribution is -0.122. The zero-order valence-corrected chi connectivity index (χ0v) is 21.6. The van der Waals surface area contributed by atoms with Gasteiger partial charge in [-0.25, -0.2) is 0 Å². The fourth-order valence-corrected chi connectivity index (χ4v) is 4.07. The molecule has 0 rings (SSSR count). The van der Waals surface area contributed by atoms with Crippen LogP contribution >= 0.6 is 0 Å². The number of nitrogens with one attached hydrogen (secondary N) is 1. The second-order valence-electron chi connectivity index (χ2n) is 8.60. The normalized spacial score (nSPS) is 14.4. The van der Waals surface area contributed by atoms with Gasteiger partial charge in [0, 0.05) is 6.42 Å². The van der Waals surface area contributed by atoms with Crippen LogP contribution in [0.2, 0.25) is 0 Å². The Morgan fingerprint density at radius 3 is 2.03 bits per heavy atom. The zero-order valence-electron chi connectivity index (χ0n) is 20.8. The van der Waals surface area contributed by atoms with E-state index < -0.39 is 28.0 Å². The van der Waals surface area contributed by atoms with E-state index in [0.29, 0.717) is 12.8 Å². The Hall–Kier alpha value is -1.44. The number of aliphatic hydroxyl groups is 1. The molecule has 0 fully saturated rings. The van der Waals surface area contributed by atoms with Crippen LogP contribution in [0, 0.1) is 0 Å². The molecular weight excluding hydrogens is 438 g/mol. The molecule has 0 aromatic carbocycles. The molecule has 0 bridgehead atoms. The van der Waals surface area contributed by atoms with Crippen LogP contribution < -0.4 is 5.32 Å². The fourth-order valence-electron chi connectivity index (χ4n) is 3.33. The lowest BCUT2D eigenvalue weighted by atomic mass is 10.1. The summed E-state index contributed by atoms with van der Waals surface area (Å²) in [4.78, 5) is 12.2. The van der Waals surface area contributed by atoms with E-state index in [4.69, 9.17) is 0 Å². The first-order chi connectivity index (χ1) is 15.8. The van der Waals surface area contributed by atoms with E-state index in [9.17, 15) is 22.9 Å². The Kier molecular flexibility index (Phi) is 20.2. The molecule has 192 valence electrons. The van der Waals surface area contributed by atoms with Gasteiger partial charge in [0.2, 0.25) is 5.91 Å². The highest BCUT2D eigenvalue weighted by atomic mass is 32.2. The number of hydrogen-bond donors (Lipinski definition) is 3. The van der Waals surface area contributed by atoms with Gasteiger partial charge in [-0.3, -0.25) is 9.35 Å². The van der Waals surface area contributed by atoms with Crippen LogP contribution in [0.5, 0.6) is 0 Å². The van der Waals surface area contributed by atoms with E-state index in [-0.39, 0.29) is 12.3 Å². The Bertz CT molecular complexity index is 670. The smallest absolute Gasteiger partial charge is 0.267 e. The summed E-state index contributed by atoms with van der Waals surface area (Å²) >= 11 is 0. The number of rotatable bonds is 21. The molecule has 2 unspecified atom stereocenters. The molecule has 33 heavy (non-hydrogen) atoms. The molecule has 0 heterocycles. The van der Waals surface area contributed by atoms with Gasteiger partial charge in [0.25, 0.3) is 10.1 Å². The molecule has 6 nitrogen and oxygen atoms in total. The number of carbonyl (C=O) groups excluding carboxylic acids is 1. The molecule has 0 saturated carbocycles. The topological polar surface area (TPSA) is 104 Å². The summed E-state index contributed by atoms with van der Waals surface area (Å²) in [5.41, 5.74) is 0. The molecule has 0 spiro atoms. The number of allylic oxidation sites excluding steroid dienone is 5. The van der Waals surface area contributed by atoms with Gasteiger partial charge in [-0.1, -0.05) is 88.8 Å². The number of aliphatic hydroxyl groups excluding tert-OH is 1. The summed E-state index contributed by atoms with van der Waals surface area (Å²) in [6, 6.07) is -1.07. The lowest BCUT2D eigenvalue weighted by Gasteiger charge is -2.21. The minimum absolute atomic E-state index is 0.275. The molecule has 0 radical (unpaired) electrons. The predicted molar refractivity (Wildman–Crippen MR) is 138 cm³/mol. The molecule has 0 aliphatic rings. The van der Waals surface area contributed by atoms with Gasteiger partial charge >= 0.3 is 0 Å². The van der Waals surface area contributed by atoms with E-state index >= 15 is 0 Å². The predicted octanol–water partition coefficient (Wildman–Crippen LogP) is 5.89. The Labute approximate surface area is 202 Å². The monoisotopic (exact) mass is 485 g/mol. The highest BCUT2D eigenvalue weighted by molar-refractivity contribution is 7.85. The van der Waals surface area contributed by atoms with Crippen LogP contribution in [0.1, 0.15) is 104 Å². The van der Waals surface area contributed by atoms with Crippen LogP contribution in [0.25, 0.3) is 0 Å². The van der Waals surface area contributed by atoms with Crippen molar-refractivity contribution in [3.63, 3.8) is 0 Å². The molecule has 0 aliphatic heterocycles. The van der Waals surface area contributed by atoms with Crippen molar-refractivity contribution < 1.29 is 22.9 Å². The number of unbranched alkanes of at least 4 members (excludes halogenated alkanes) is 9. The molecule has 1 amide bonds. The van der Waals surface area contributed by atoms with Crippen molar-refractivity contribution in [2.24, 2.45) is 0 Å². The van der Waals surface area contributed by atoms with Crippen molar-refractivity contribution in [3.05, 3.63) is 36.5 Å². The lowest BCUT2D eigenvalue weighted by Crippen LogP contribution is -2.46. The highest BCUT2D eigenvalue weighted by Crippen LogP contribution is 2.09. The van der Waals surface area contributed by atoms with Crippen LogP contribution in [-0.4, -0.2) is 41.9 Å². The molecule has 0 saturated heterocycles. The maximum Gasteiger partial charge on any atom is 0.267 e. The van der Waals surface area contributed by atoms with Crippen LogP contribution in [0.3, 0.4) is 0 Å². The van der Waals surface area contributed by atoms with Crippen molar-refractivity contribution in [3.8, 4) is 0 Å². The largest absolute Gasteiger partial charge is 0.387 e. The summed E-state index contributed by atoms with van der Waals surface area (Å²) < 4.78 is 31.8. The minimum atomic E-state index is -4.33. The SMILES string of the molecule is CCC/C=C/CC/C=C/C(O)C(CS(=O)(=O)O)NC(=O)CCCCCCC/C=C\CCCC. The van der Waals surface area contributed by atoms with Crippen LogP contribution in [0.4, 0.5) is 0 Å². The van der Waals surface area contributed by atoms with Crippen molar-refractivity contribution in [1.29, 1.82) is 0 Å². The van der Waals surface area contributed by atoms with Gasteiger partial charge in [0.1, 0.15) is 0 Å². The fraction of sp³-hybridized carbons (Fsp3) is 0.731. The maximum atomic E-state index is 12.2. The Morgan fingerprint density at radius 2 is 1.36 bits per heavy atom. The van der Waals surface area contributed by atoms with Crippen molar-refractivity contribution >= 4 is 16.0 Å². The first-order valence-corrected chi connectivity index (χ1v) is 14.3. The van der Waals surface area contributed by atoms with Crippen molar-refractivity contribution in [2.45, 2.75) is 116 Å². The first kappa shape index (κ1) is 31.6. The van der Waals surface area contributed by atoms with Gasteiger partial charge in [-0.2, -0.15) is 8.42 Å². The molecule has 3 N–H and O–H groups in total. The number of carbonyl (C=O) groups is 1. The van der Waals surface area contributed by atoms with Gasteiger partial charge in [-0.05, 0) is 44.9 Å². The second-order valence-corrected chi connectivity index (χ2v) is 10.1. The third-order valence-electron chi connectivity index (χ3n) is 5.27. The minimum Gasteiger partial charge on any atom is -0.387 e. The summed E-state index contributed by atoms with van der Waals surface area (Å²) in [6.45, 7) is 4.30. The van der Waals surface area contributed by atoms with Crippen molar-refractivity contribution in [1.82, 2.24) is 5.32 Å². The molecule has 2 atom stereocenters. The van der Waals surface area contributed by atoms with Gasteiger partial charge in [0.15, 0.2) is 0 Å². The van der Waals surface area contributed by atoms with Crippen LogP contribution in [0.15, 0.2) is 36.5 Å². The quantitative estimate of drug-likeness (QED) is 0.107. The average Bonchev–Trinajstić information content (AvgIpc) is 2.75. The summed E-state index contributed by atoms with van der Waals surface area (Å²) in [6.07, 6.45) is 24.4. The molecule has 0 aliphatic carbocycles. The van der Waals surface area contributed by atoms with Crippen LogP contribution in [-0.2, 0) is 14.9 Å². The summed E-state index contributed by atoms with van der Waals surface area (Å²) in [7, 11) is -4.33. The number of amides is 1. The molecule has 0 aromatic rings. The summed E-state index contributed by atoms with van der Waals surface area (Å²) in [5, 5.41) is 12.9. The zero-order chi connectivity index (χ0) is 24.8. The van der Waals surface area contributed by atoms with E-state index in [2.05, 4.69) is 43.5 Å². The van der Waals surface area contributed by atoms with Gasteiger partial charge in [0.05, 0.1) is 17.9 Å². The molecule has 7 heteroatoms. The second kappa shape index (κ2) is 21.1. The van der Waals surface area contributed by atoms with Gasteiger partial charge < -0.3 is 10.4 Å². The standard InChI is InChI=1S/C26H47NO5S/c1-3-5-7-9-11-12-13-14-16-18-20-22-26(29)27-24(23-33(30,31)32)25(28)21-19-17-15-10-8-6-4-2/h8-11,19,21,24-25,28H,3-7,12-18,20,22-23H2,1-2H3,(H,27,29)(H,30,31,32)/b10-8+,11-9-,21-19+.